The normalized spacial score (nSPS) is 18.6. The topological polar surface area (TPSA) is 12.5 Å². The molecule has 0 N–H and O–H groups in total. The minimum absolute atomic E-state index is 0.270. The molecule has 2 aromatic carbocycles. The van der Waals surface area contributed by atoms with Crippen molar-refractivity contribution in [3.8, 4) is 5.75 Å². The molecule has 1 atom stereocenters. The maximum absolute atomic E-state index is 6.25. The Morgan fingerprint density at radius 2 is 1.95 bits per heavy atom. The zero-order valence-electron chi connectivity index (χ0n) is 11.8. The second-order valence-corrected chi connectivity index (χ2v) is 5.64. The van der Waals surface area contributed by atoms with Gasteiger partial charge in [-0.05, 0) is 42.3 Å². The van der Waals surface area contributed by atoms with E-state index in [-0.39, 0.29) is 6.04 Å². The fourth-order valence-electron chi connectivity index (χ4n) is 2.97. The van der Waals surface area contributed by atoms with Gasteiger partial charge in [-0.25, -0.2) is 0 Å². The first-order chi connectivity index (χ1) is 9.70. The van der Waals surface area contributed by atoms with Gasteiger partial charge in [-0.1, -0.05) is 41.9 Å². The van der Waals surface area contributed by atoms with Gasteiger partial charge in [-0.3, -0.25) is 4.90 Å². The fraction of sp³-hybridized carbons (Fsp3) is 0.294. The van der Waals surface area contributed by atoms with E-state index in [1.807, 2.05) is 0 Å². The number of fused-ring (bicyclic) bond motifs is 1. The Bertz CT molecular complexity index is 612. The number of halogens is 1. The number of benzene rings is 2. The van der Waals surface area contributed by atoms with Crippen LogP contribution in [0.2, 0.25) is 5.02 Å². The van der Waals surface area contributed by atoms with E-state index < -0.39 is 0 Å². The first-order valence-electron chi connectivity index (χ1n) is 6.82. The summed E-state index contributed by atoms with van der Waals surface area (Å²) in [6.07, 6.45) is 1.03. The molecular formula is C17H18ClNO. The summed E-state index contributed by atoms with van der Waals surface area (Å²) in [5.41, 5.74) is 3.93. The van der Waals surface area contributed by atoms with E-state index in [9.17, 15) is 0 Å². The van der Waals surface area contributed by atoms with Crippen molar-refractivity contribution in [1.29, 1.82) is 0 Å². The number of hydrogen-bond acceptors (Lipinski definition) is 2. The lowest BCUT2D eigenvalue weighted by atomic mass is 9.88. The van der Waals surface area contributed by atoms with Crippen molar-refractivity contribution in [2.75, 3.05) is 20.7 Å². The Balaban J connectivity index is 2.13. The third-order valence-electron chi connectivity index (χ3n) is 4.00. The van der Waals surface area contributed by atoms with Crippen LogP contribution < -0.4 is 4.74 Å². The smallest absolute Gasteiger partial charge is 0.137 e. The highest BCUT2D eigenvalue weighted by atomic mass is 35.5. The molecule has 0 fully saturated rings. The van der Waals surface area contributed by atoms with Crippen LogP contribution in [0.25, 0.3) is 0 Å². The summed E-state index contributed by atoms with van der Waals surface area (Å²) in [6, 6.07) is 15.0. The van der Waals surface area contributed by atoms with Gasteiger partial charge in [0.05, 0.1) is 18.2 Å². The third-order valence-corrected chi connectivity index (χ3v) is 4.29. The fourth-order valence-corrected chi connectivity index (χ4v) is 3.23. The molecule has 0 amide bonds. The molecule has 0 saturated heterocycles. The molecule has 3 heteroatoms. The van der Waals surface area contributed by atoms with Crippen LogP contribution in [0.5, 0.6) is 5.75 Å². The summed E-state index contributed by atoms with van der Waals surface area (Å²) in [4.78, 5) is 2.38. The molecule has 2 nitrogen and oxygen atoms in total. The summed E-state index contributed by atoms with van der Waals surface area (Å²) in [5, 5.41) is 0.697. The highest BCUT2D eigenvalue weighted by molar-refractivity contribution is 6.32. The molecule has 104 valence electrons. The van der Waals surface area contributed by atoms with Gasteiger partial charge >= 0.3 is 0 Å². The number of nitrogens with zero attached hydrogens (tertiary/aromatic N) is 1. The van der Waals surface area contributed by atoms with Gasteiger partial charge in [0.15, 0.2) is 0 Å². The highest BCUT2D eigenvalue weighted by Crippen LogP contribution is 2.39. The molecule has 0 unspecified atom stereocenters. The van der Waals surface area contributed by atoms with Gasteiger partial charge in [0, 0.05) is 6.54 Å². The molecule has 0 radical (unpaired) electrons. The molecule has 0 spiro atoms. The van der Waals surface area contributed by atoms with Gasteiger partial charge in [-0.15, -0.1) is 0 Å². The molecule has 0 aromatic heterocycles. The standard InChI is InChI=1S/C17H18ClNO/c1-19-9-8-13-10-15(18)16(20-2)11-14(13)17(19)12-6-4-3-5-7-12/h3-7,10-11,17H,8-9H2,1-2H3/t17-/m0/s1. The Kier molecular flexibility index (Phi) is 3.68. The molecule has 20 heavy (non-hydrogen) atoms. The van der Waals surface area contributed by atoms with E-state index >= 15 is 0 Å². The van der Waals surface area contributed by atoms with Crippen molar-refractivity contribution >= 4 is 11.6 Å². The molecule has 0 saturated carbocycles. The Labute approximate surface area is 124 Å². The molecule has 3 rings (SSSR count). The molecule has 0 aliphatic carbocycles. The number of ether oxygens (including phenoxy) is 1. The summed E-state index contributed by atoms with van der Waals surface area (Å²) in [5.74, 6) is 0.752. The summed E-state index contributed by atoms with van der Waals surface area (Å²) >= 11 is 6.25. The predicted octanol–water partition coefficient (Wildman–Crippen LogP) is 3.93. The molecule has 1 aliphatic heterocycles. The van der Waals surface area contributed by atoms with Crippen molar-refractivity contribution < 1.29 is 4.74 Å². The Morgan fingerprint density at radius 1 is 1.20 bits per heavy atom. The maximum atomic E-state index is 6.25. The maximum Gasteiger partial charge on any atom is 0.137 e. The molecule has 1 aliphatic rings. The van der Waals surface area contributed by atoms with Gasteiger partial charge in [0.1, 0.15) is 5.75 Å². The largest absolute Gasteiger partial charge is 0.495 e. The number of rotatable bonds is 2. The number of likely N-dealkylation sites (N-methyl/N-ethyl adjacent to an activating group) is 1. The van der Waals surface area contributed by atoms with Gasteiger partial charge in [0.25, 0.3) is 0 Å². The zero-order chi connectivity index (χ0) is 14.1. The van der Waals surface area contributed by atoms with Crippen molar-refractivity contribution in [3.05, 3.63) is 64.2 Å². The van der Waals surface area contributed by atoms with Crippen molar-refractivity contribution in [3.63, 3.8) is 0 Å². The lowest BCUT2D eigenvalue weighted by molar-refractivity contribution is 0.264. The molecule has 1 heterocycles. The van der Waals surface area contributed by atoms with Gasteiger partial charge < -0.3 is 4.74 Å². The van der Waals surface area contributed by atoms with Gasteiger partial charge in [0.2, 0.25) is 0 Å². The molecule has 2 aromatic rings. The Morgan fingerprint density at radius 3 is 2.65 bits per heavy atom. The second kappa shape index (κ2) is 5.47. The first-order valence-corrected chi connectivity index (χ1v) is 7.20. The highest BCUT2D eigenvalue weighted by Gasteiger charge is 2.27. The van der Waals surface area contributed by atoms with Crippen LogP contribution >= 0.6 is 11.6 Å². The zero-order valence-corrected chi connectivity index (χ0v) is 12.5. The average molecular weight is 288 g/mol. The lowest BCUT2D eigenvalue weighted by Crippen LogP contribution is -2.32. The Hall–Kier alpha value is -1.51. The molecule has 0 bridgehead atoms. The van der Waals surface area contributed by atoms with E-state index in [2.05, 4.69) is 54.4 Å². The van der Waals surface area contributed by atoms with Crippen molar-refractivity contribution in [2.45, 2.75) is 12.5 Å². The van der Waals surface area contributed by atoms with E-state index in [1.165, 1.54) is 16.7 Å². The van der Waals surface area contributed by atoms with E-state index in [4.69, 9.17) is 16.3 Å². The summed E-state index contributed by atoms with van der Waals surface area (Å²) in [7, 11) is 3.83. The van der Waals surface area contributed by atoms with Gasteiger partial charge in [-0.2, -0.15) is 0 Å². The third kappa shape index (κ3) is 2.30. The van der Waals surface area contributed by atoms with Crippen LogP contribution in [0.1, 0.15) is 22.7 Å². The number of methoxy groups -OCH3 is 1. The summed E-state index contributed by atoms with van der Waals surface area (Å²) in [6.45, 7) is 1.04. The molecular weight excluding hydrogens is 270 g/mol. The number of hydrogen-bond donors (Lipinski definition) is 0. The first kappa shape index (κ1) is 13.5. The van der Waals surface area contributed by atoms with E-state index in [0.717, 1.165) is 18.7 Å². The average Bonchev–Trinajstić information content (AvgIpc) is 2.48. The lowest BCUT2D eigenvalue weighted by Gasteiger charge is -2.35. The van der Waals surface area contributed by atoms with Crippen molar-refractivity contribution in [1.82, 2.24) is 4.90 Å². The van der Waals surface area contributed by atoms with Crippen LogP contribution in [0, 0.1) is 0 Å². The van der Waals surface area contributed by atoms with Crippen LogP contribution in [-0.2, 0) is 6.42 Å². The SMILES string of the molecule is COc1cc2c(cc1Cl)CCN(C)[C@H]2c1ccccc1. The monoisotopic (exact) mass is 287 g/mol. The van der Waals surface area contributed by atoms with Crippen LogP contribution in [0.4, 0.5) is 0 Å². The van der Waals surface area contributed by atoms with Crippen molar-refractivity contribution in [2.24, 2.45) is 0 Å². The van der Waals surface area contributed by atoms with E-state index in [0.29, 0.717) is 5.02 Å². The quantitative estimate of drug-likeness (QED) is 0.830. The minimum Gasteiger partial charge on any atom is -0.495 e. The summed E-state index contributed by atoms with van der Waals surface area (Å²) < 4.78 is 5.38. The second-order valence-electron chi connectivity index (χ2n) is 5.23. The minimum atomic E-state index is 0.270. The van der Waals surface area contributed by atoms with E-state index in [1.54, 1.807) is 7.11 Å². The van der Waals surface area contributed by atoms with Crippen LogP contribution in [-0.4, -0.2) is 25.6 Å². The van der Waals surface area contributed by atoms with Crippen LogP contribution in [0.3, 0.4) is 0 Å². The van der Waals surface area contributed by atoms with Crippen LogP contribution in [0.15, 0.2) is 42.5 Å². The predicted molar refractivity (Wildman–Crippen MR) is 82.6 cm³/mol.